The van der Waals surface area contributed by atoms with Crippen LogP contribution in [-0.2, 0) is 0 Å². The second-order valence-corrected chi connectivity index (χ2v) is 4.27. The molecule has 0 aliphatic rings. The van der Waals surface area contributed by atoms with Crippen LogP contribution in [0.15, 0.2) is 42.5 Å². The molecule has 21 heavy (non-hydrogen) atoms. The van der Waals surface area contributed by atoms with E-state index in [-0.39, 0.29) is 23.0 Å². The van der Waals surface area contributed by atoms with Gasteiger partial charge in [-0.15, -0.1) is 0 Å². The van der Waals surface area contributed by atoms with Crippen molar-refractivity contribution in [2.24, 2.45) is 0 Å². The smallest absolute Gasteiger partial charge is 0.311 e. The van der Waals surface area contributed by atoms with Crippen LogP contribution in [0.25, 0.3) is 0 Å². The van der Waals surface area contributed by atoms with Crippen molar-refractivity contribution in [3.63, 3.8) is 0 Å². The number of nitrogens with zero attached hydrogens (tertiary/aromatic N) is 1. The van der Waals surface area contributed by atoms with Crippen LogP contribution in [-0.4, -0.2) is 10.7 Å². The van der Waals surface area contributed by atoms with Crippen LogP contribution in [0, 0.1) is 15.9 Å². The van der Waals surface area contributed by atoms with Gasteiger partial charge in [-0.05, 0) is 30.3 Å². The Balaban J connectivity index is 2.28. The lowest BCUT2D eigenvalue weighted by atomic mass is 10.1. The highest BCUT2D eigenvalue weighted by Crippen LogP contribution is 2.32. The number of rotatable bonds is 5. The highest BCUT2D eigenvalue weighted by Gasteiger charge is 2.16. The molecule has 0 aliphatic heterocycles. The molecule has 0 N–H and O–H groups in total. The molecule has 0 spiro atoms. The molecule has 0 aliphatic carbocycles. The molecule has 2 aromatic rings. The molecule has 2 aromatic carbocycles. The number of hydrogen-bond donors (Lipinski definition) is 0. The minimum atomic E-state index is -0.649. The van der Waals surface area contributed by atoms with E-state index in [1.807, 2.05) is 0 Å². The first-order valence-electron chi connectivity index (χ1n) is 6.26. The maximum absolute atomic E-state index is 13.2. The first-order valence-corrected chi connectivity index (χ1v) is 6.26. The number of Topliss-reactive ketones (excluding diaryl/α,β-unsaturated/α-hetero) is 1. The molecule has 2 rings (SSSR count). The van der Waals surface area contributed by atoms with E-state index < -0.39 is 10.7 Å². The number of benzene rings is 2. The molecule has 6 heteroatoms. The highest BCUT2D eigenvalue weighted by molar-refractivity contribution is 5.95. The van der Waals surface area contributed by atoms with Crippen LogP contribution in [0.3, 0.4) is 0 Å². The maximum atomic E-state index is 13.2. The van der Waals surface area contributed by atoms with Crippen molar-refractivity contribution >= 4 is 11.5 Å². The first kappa shape index (κ1) is 14.6. The Hall–Kier alpha value is -2.76. The fraction of sp³-hybridized carbons (Fsp3) is 0.133. The van der Waals surface area contributed by atoms with Crippen LogP contribution in [0.5, 0.6) is 11.5 Å². The van der Waals surface area contributed by atoms with Gasteiger partial charge in [-0.2, -0.15) is 0 Å². The molecule has 108 valence electrons. The van der Waals surface area contributed by atoms with Gasteiger partial charge in [-0.1, -0.05) is 6.92 Å². The van der Waals surface area contributed by atoms with Crippen LogP contribution in [0.2, 0.25) is 0 Å². The molecular formula is C15H12FNO4. The Morgan fingerprint density at radius 1 is 1.24 bits per heavy atom. The van der Waals surface area contributed by atoms with E-state index in [2.05, 4.69) is 0 Å². The molecule has 5 nitrogen and oxygen atoms in total. The number of halogens is 1. The Bertz CT molecular complexity index is 683. The van der Waals surface area contributed by atoms with Crippen LogP contribution < -0.4 is 4.74 Å². The topological polar surface area (TPSA) is 69.4 Å². The fourth-order valence-electron chi connectivity index (χ4n) is 1.76. The van der Waals surface area contributed by atoms with Crippen molar-refractivity contribution in [2.75, 3.05) is 0 Å². The fourth-order valence-corrected chi connectivity index (χ4v) is 1.76. The van der Waals surface area contributed by atoms with Crippen LogP contribution >= 0.6 is 0 Å². The Morgan fingerprint density at radius 3 is 2.48 bits per heavy atom. The van der Waals surface area contributed by atoms with E-state index in [9.17, 15) is 19.3 Å². The van der Waals surface area contributed by atoms with Gasteiger partial charge >= 0.3 is 5.69 Å². The zero-order valence-electron chi connectivity index (χ0n) is 11.2. The van der Waals surface area contributed by atoms with Gasteiger partial charge < -0.3 is 4.74 Å². The molecule has 0 radical (unpaired) electrons. The number of ketones is 1. The first-order chi connectivity index (χ1) is 10.0. The second-order valence-electron chi connectivity index (χ2n) is 4.27. The van der Waals surface area contributed by atoms with Crippen LogP contribution in [0.1, 0.15) is 23.7 Å². The Morgan fingerprint density at radius 2 is 1.90 bits per heavy atom. The van der Waals surface area contributed by atoms with Gasteiger partial charge in [0.15, 0.2) is 5.78 Å². The number of ether oxygens (including phenoxy) is 1. The summed E-state index contributed by atoms with van der Waals surface area (Å²) in [5.74, 6) is -0.544. The second kappa shape index (κ2) is 6.13. The van der Waals surface area contributed by atoms with Crippen molar-refractivity contribution in [3.05, 3.63) is 64.0 Å². The minimum absolute atomic E-state index is 0.0155. The normalized spacial score (nSPS) is 10.2. The summed E-state index contributed by atoms with van der Waals surface area (Å²) in [5.41, 5.74) is 0.198. The highest BCUT2D eigenvalue weighted by atomic mass is 19.1. The molecular weight excluding hydrogens is 277 g/mol. The van der Waals surface area contributed by atoms with Gasteiger partial charge in [0.2, 0.25) is 5.75 Å². The molecule has 0 aromatic heterocycles. The summed E-state index contributed by atoms with van der Waals surface area (Å²) in [6, 6.07) is 9.13. The summed E-state index contributed by atoms with van der Waals surface area (Å²) in [6.45, 7) is 1.75. The summed E-state index contributed by atoms with van der Waals surface area (Å²) in [6.07, 6.45) is 0.384. The molecule has 0 fully saturated rings. The average Bonchev–Trinajstić information content (AvgIpc) is 2.47. The number of nitro groups is 1. The minimum Gasteiger partial charge on any atom is -0.450 e. The zero-order valence-corrected chi connectivity index (χ0v) is 11.2. The van der Waals surface area contributed by atoms with E-state index in [0.717, 1.165) is 18.2 Å². The average molecular weight is 289 g/mol. The lowest BCUT2D eigenvalue weighted by Gasteiger charge is -2.07. The predicted molar refractivity (Wildman–Crippen MR) is 74.2 cm³/mol. The van der Waals surface area contributed by atoms with E-state index in [1.54, 1.807) is 19.1 Å². The lowest BCUT2D eigenvalue weighted by Crippen LogP contribution is -1.97. The van der Waals surface area contributed by atoms with Crippen molar-refractivity contribution in [3.8, 4) is 11.5 Å². The molecule has 0 heterocycles. The molecule has 0 saturated carbocycles. The van der Waals surface area contributed by atoms with E-state index in [4.69, 9.17) is 4.74 Å². The van der Waals surface area contributed by atoms with E-state index in [0.29, 0.717) is 12.0 Å². The van der Waals surface area contributed by atoms with Gasteiger partial charge in [-0.25, -0.2) is 4.39 Å². The number of nitro benzene ring substituents is 1. The summed E-state index contributed by atoms with van der Waals surface area (Å²) in [7, 11) is 0. The molecule has 0 saturated heterocycles. The molecule has 0 atom stereocenters. The van der Waals surface area contributed by atoms with Crippen LogP contribution in [0.4, 0.5) is 10.1 Å². The third kappa shape index (κ3) is 3.42. The third-order valence-corrected chi connectivity index (χ3v) is 2.84. The summed E-state index contributed by atoms with van der Waals surface area (Å²) in [5, 5.41) is 10.9. The quantitative estimate of drug-likeness (QED) is 0.471. The maximum Gasteiger partial charge on any atom is 0.311 e. The van der Waals surface area contributed by atoms with Gasteiger partial charge in [0.1, 0.15) is 11.6 Å². The van der Waals surface area contributed by atoms with E-state index in [1.165, 1.54) is 12.1 Å². The summed E-state index contributed by atoms with van der Waals surface area (Å²) >= 11 is 0. The summed E-state index contributed by atoms with van der Waals surface area (Å²) in [4.78, 5) is 21.7. The molecule has 0 unspecified atom stereocenters. The van der Waals surface area contributed by atoms with Gasteiger partial charge in [0.25, 0.3) is 0 Å². The SMILES string of the molecule is CCC(=O)c1ccc(Oc2cc(F)ccc2[N+](=O)[O-])cc1. The monoisotopic (exact) mass is 289 g/mol. The van der Waals surface area contributed by atoms with Crippen molar-refractivity contribution in [1.29, 1.82) is 0 Å². The molecule has 0 bridgehead atoms. The number of carbonyl (C=O) groups is 1. The predicted octanol–water partition coefficient (Wildman–Crippen LogP) is 4.12. The van der Waals surface area contributed by atoms with Gasteiger partial charge in [-0.3, -0.25) is 14.9 Å². The largest absolute Gasteiger partial charge is 0.450 e. The standard InChI is InChI=1S/C15H12FNO4/c1-2-14(18)10-3-6-12(7-4-10)21-15-9-11(16)5-8-13(15)17(19)20/h3-9H,2H2,1H3. The Labute approximate surface area is 120 Å². The van der Waals surface area contributed by atoms with Gasteiger partial charge in [0, 0.05) is 24.1 Å². The molecule has 0 amide bonds. The van der Waals surface area contributed by atoms with Crippen molar-refractivity contribution in [2.45, 2.75) is 13.3 Å². The lowest BCUT2D eigenvalue weighted by molar-refractivity contribution is -0.385. The van der Waals surface area contributed by atoms with Gasteiger partial charge in [0.05, 0.1) is 4.92 Å². The zero-order chi connectivity index (χ0) is 15.4. The summed E-state index contributed by atoms with van der Waals surface area (Å²) < 4.78 is 18.5. The van der Waals surface area contributed by atoms with Crippen molar-refractivity contribution in [1.82, 2.24) is 0 Å². The Kier molecular flexibility index (Phi) is 4.27. The number of carbonyl (C=O) groups excluding carboxylic acids is 1. The third-order valence-electron chi connectivity index (χ3n) is 2.84. The number of hydrogen-bond acceptors (Lipinski definition) is 4. The van der Waals surface area contributed by atoms with Crippen molar-refractivity contribution < 1.29 is 18.8 Å². The van der Waals surface area contributed by atoms with E-state index >= 15 is 0 Å².